The molecule has 3 nitrogen and oxygen atoms in total. The summed E-state index contributed by atoms with van der Waals surface area (Å²) < 4.78 is 5.08. The monoisotopic (exact) mass is 190 g/mol. The lowest BCUT2D eigenvalue weighted by molar-refractivity contribution is 0.413. The Labute approximate surface area is 84.1 Å². The van der Waals surface area contributed by atoms with Crippen LogP contribution >= 0.6 is 0 Å². The second-order valence-corrected chi connectivity index (χ2v) is 3.08. The van der Waals surface area contributed by atoms with E-state index < -0.39 is 0 Å². The third-order valence-corrected chi connectivity index (χ3v) is 2.22. The van der Waals surface area contributed by atoms with E-state index in [0.29, 0.717) is 5.56 Å². The summed E-state index contributed by atoms with van der Waals surface area (Å²) in [4.78, 5) is 0. The van der Waals surface area contributed by atoms with Crippen molar-refractivity contribution in [1.82, 2.24) is 0 Å². The summed E-state index contributed by atoms with van der Waals surface area (Å²) in [6, 6.07) is 7.36. The van der Waals surface area contributed by atoms with Gasteiger partial charge in [0.05, 0.1) is 18.7 Å². The SMILES string of the molecule is CC[C@H](N)c1cc(OC)ccc1C#N. The zero-order valence-electron chi connectivity index (χ0n) is 8.45. The van der Waals surface area contributed by atoms with Crippen molar-refractivity contribution in [2.75, 3.05) is 7.11 Å². The van der Waals surface area contributed by atoms with E-state index in [2.05, 4.69) is 6.07 Å². The van der Waals surface area contributed by atoms with Crippen LogP contribution in [0.15, 0.2) is 18.2 Å². The maximum atomic E-state index is 8.88. The maximum Gasteiger partial charge on any atom is 0.119 e. The minimum absolute atomic E-state index is 0.0975. The molecule has 0 aliphatic rings. The van der Waals surface area contributed by atoms with Crippen LogP contribution in [0.2, 0.25) is 0 Å². The predicted octanol–water partition coefficient (Wildman–Crippen LogP) is 1.98. The molecule has 14 heavy (non-hydrogen) atoms. The molecule has 0 saturated heterocycles. The smallest absolute Gasteiger partial charge is 0.119 e. The zero-order valence-corrected chi connectivity index (χ0v) is 8.45. The van der Waals surface area contributed by atoms with Crippen molar-refractivity contribution in [3.63, 3.8) is 0 Å². The number of ether oxygens (including phenoxy) is 1. The van der Waals surface area contributed by atoms with Crippen molar-refractivity contribution in [3.8, 4) is 11.8 Å². The first-order valence-corrected chi connectivity index (χ1v) is 4.56. The molecule has 0 spiro atoms. The van der Waals surface area contributed by atoms with Crippen LogP contribution in [0, 0.1) is 11.3 Å². The quantitative estimate of drug-likeness (QED) is 0.792. The Morgan fingerprint density at radius 3 is 2.79 bits per heavy atom. The summed E-state index contributed by atoms with van der Waals surface area (Å²) in [5.41, 5.74) is 7.37. The lowest BCUT2D eigenvalue weighted by atomic mass is 9.99. The van der Waals surface area contributed by atoms with Gasteiger partial charge in [-0.1, -0.05) is 6.92 Å². The molecule has 0 saturated carbocycles. The number of nitrogens with zero attached hydrogens (tertiary/aromatic N) is 1. The largest absolute Gasteiger partial charge is 0.497 e. The highest BCUT2D eigenvalue weighted by atomic mass is 16.5. The Morgan fingerprint density at radius 2 is 2.29 bits per heavy atom. The summed E-state index contributed by atoms with van der Waals surface area (Å²) in [5.74, 6) is 0.739. The van der Waals surface area contributed by atoms with Crippen LogP contribution in [0.25, 0.3) is 0 Å². The molecule has 1 aromatic rings. The van der Waals surface area contributed by atoms with E-state index in [0.717, 1.165) is 17.7 Å². The second kappa shape index (κ2) is 4.64. The molecule has 1 aromatic carbocycles. The van der Waals surface area contributed by atoms with Gasteiger partial charge < -0.3 is 10.5 Å². The summed E-state index contributed by atoms with van der Waals surface area (Å²) in [7, 11) is 1.60. The number of hydrogen-bond acceptors (Lipinski definition) is 3. The van der Waals surface area contributed by atoms with Crippen molar-refractivity contribution in [2.45, 2.75) is 19.4 Å². The molecule has 0 aromatic heterocycles. The summed E-state index contributed by atoms with van der Waals surface area (Å²) in [6.45, 7) is 1.99. The minimum Gasteiger partial charge on any atom is -0.497 e. The Morgan fingerprint density at radius 1 is 1.57 bits per heavy atom. The lowest BCUT2D eigenvalue weighted by Gasteiger charge is -2.12. The van der Waals surface area contributed by atoms with Gasteiger partial charge in [0.25, 0.3) is 0 Å². The standard InChI is InChI=1S/C11H14N2O/c1-3-11(13)10-6-9(14-2)5-4-8(10)7-12/h4-6,11H,3,13H2,1-2H3/t11-/m0/s1. The first-order chi connectivity index (χ1) is 6.72. The first kappa shape index (κ1) is 10.6. The third-order valence-electron chi connectivity index (χ3n) is 2.22. The van der Waals surface area contributed by atoms with E-state index in [1.165, 1.54) is 0 Å². The minimum atomic E-state index is -0.0975. The molecule has 2 N–H and O–H groups in total. The van der Waals surface area contributed by atoms with Crippen LogP contribution in [-0.4, -0.2) is 7.11 Å². The first-order valence-electron chi connectivity index (χ1n) is 4.56. The number of rotatable bonds is 3. The summed E-state index contributed by atoms with van der Waals surface area (Å²) in [5, 5.41) is 8.88. The number of benzene rings is 1. The van der Waals surface area contributed by atoms with E-state index in [-0.39, 0.29) is 6.04 Å². The zero-order chi connectivity index (χ0) is 10.6. The van der Waals surface area contributed by atoms with Gasteiger partial charge >= 0.3 is 0 Å². The Bertz CT molecular complexity index is 355. The Balaban J connectivity index is 3.16. The molecule has 1 atom stereocenters. The van der Waals surface area contributed by atoms with E-state index >= 15 is 0 Å². The molecule has 0 amide bonds. The molecule has 0 heterocycles. The van der Waals surface area contributed by atoms with Crippen LogP contribution < -0.4 is 10.5 Å². The Hall–Kier alpha value is -1.53. The molecule has 0 aliphatic heterocycles. The van der Waals surface area contributed by atoms with Crippen molar-refractivity contribution in [1.29, 1.82) is 5.26 Å². The average molecular weight is 190 g/mol. The summed E-state index contributed by atoms with van der Waals surface area (Å²) in [6.07, 6.45) is 0.807. The van der Waals surface area contributed by atoms with Crippen LogP contribution in [0.1, 0.15) is 30.5 Å². The van der Waals surface area contributed by atoms with Crippen molar-refractivity contribution in [3.05, 3.63) is 29.3 Å². The second-order valence-electron chi connectivity index (χ2n) is 3.08. The van der Waals surface area contributed by atoms with E-state index in [1.54, 1.807) is 19.2 Å². The molecule has 0 aliphatic carbocycles. The van der Waals surface area contributed by atoms with Gasteiger partial charge in [0, 0.05) is 6.04 Å². The lowest BCUT2D eigenvalue weighted by Crippen LogP contribution is -2.10. The fourth-order valence-electron chi connectivity index (χ4n) is 1.30. The highest BCUT2D eigenvalue weighted by Gasteiger charge is 2.10. The van der Waals surface area contributed by atoms with Crippen LogP contribution in [0.3, 0.4) is 0 Å². The fraction of sp³-hybridized carbons (Fsp3) is 0.364. The van der Waals surface area contributed by atoms with Crippen molar-refractivity contribution in [2.24, 2.45) is 5.73 Å². The van der Waals surface area contributed by atoms with E-state index in [9.17, 15) is 0 Å². The number of hydrogen-bond donors (Lipinski definition) is 1. The normalized spacial score (nSPS) is 11.9. The van der Waals surface area contributed by atoms with Gasteiger partial charge in [-0.15, -0.1) is 0 Å². The molecule has 0 fully saturated rings. The van der Waals surface area contributed by atoms with E-state index in [4.69, 9.17) is 15.7 Å². The number of nitrogens with two attached hydrogens (primary N) is 1. The molecule has 74 valence electrons. The topological polar surface area (TPSA) is 59.0 Å². The maximum absolute atomic E-state index is 8.88. The van der Waals surface area contributed by atoms with Crippen LogP contribution in [-0.2, 0) is 0 Å². The van der Waals surface area contributed by atoms with Gasteiger partial charge in [0.15, 0.2) is 0 Å². The van der Waals surface area contributed by atoms with Crippen LogP contribution in [0.5, 0.6) is 5.75 Å². The molecule has 3 heteroatoms. The molecule has 1 rings (SSSR count). The molecule has 0 unspecified atom stereocenters. The van der Waals surface area contributed by atoms with Gasteiger partial charge in [-0.25, -0.2) is 0 Å². The van der Waals surface area contributed by atoms with Gasteiger partial charge in [-0.3, -0.25) is 0 Å². The van der Waals surface area contributed by atoms with Gasteiger partial charge in [-0.05, 0) is 30.2 Å². The average Bonchev–Trinajstić information content (AvgIpc) is 2.27. The molecular formula is C11H14N2O. The number of methoxy groups -OCH3 is 1. The highest BCUT2D eigenvalue weighted by molar-refractivity contribution is 5.44. The molecule has 0 bridgehead atoms. The highest BCUT2D eigenvalue weighted by Crippen LogP contribution is 2.23. The molecular weight excluding hydrogens is 176 g/mol. The van der Waals surface area contributed by atoms with Crippen LogP contribution in [0.4, 0.5) is 0 Å². The molecule has 0 radical (unpaired) electrons. The van der Waals surface area contributed by atoms with Gasteiger partial charge in [0.1, 0.15) is 5.75 Å². The predicted molar refractivity (Wildman–Crippen MR) is 54.9 cm³/mol. The third kappa shape index (κ3) is 2.04. The summed E-state index contributed by atoms with van der Waals surface area (Å²) >= 11 is 0. The fourth-order valence-corrected chi connectivity index (χ4v) is 1.30. The van der Waals surface area contributed by atoms with Crippen molar-refractivity contribution >= 4 is 0 Å². The number of nitriles is 1. The van der Waals surface area contributed by atoms with Gasteiger partial charge in [-0.2, -0.15) is 5.26 Å². The van der Waals surface area contributed by atoms with E-state index in [1.807, 2.05) is 13.0 Å². The Kier molecular flexibility index (Phi) is 3.49. The van der Waals surface area contributed by atoms with Gasteiger partial charge in [0.2, 0.25) is 0 Å². The van der Waals surface area contributed by atoms with Crippen molar-refractivity contribution < 1.29 is 4.74 Å².